The Balaban J connectivity index is 2.08. The first-order valence-corrected chi connectivity index (χ1v) is 7.83. The van der Waals surface area contributed by atoms with E-state index in [0.717, 1.165) is 35.1 Å². The first-order valence-electron chi connectivity index (χ1n) is 6.22. The second kappa shape index (κ2) is 5.09. The van der Waals surface area contributed by atoms with Crippen LogP contribution >= 0.6 is 27.3 Å². The van der Waals surface area contributed by atoms with Crippen molar-refractivity contribution in [2.24, 2.45) is 0 Å². The topological polar surface area (TPSA) is 44.1 Å². The summed E-state index contributed by atoms with van der Waals surface area (Å²) in [7, 11) is 0. The molecule has 3 heterocycles. The van der Waals surface area contributed by atoms with E-state index in [2.05, 4.69) is 21.0 Å². The number of carbonyl (C=O) groups excluding carboxylic acids is 1. The molecule has 100 valence electrons. The molecule has 3 rings (SSSR count). The van der Waals surface area contributed by atoms with Crippen LogP contribution in [0.15, 0.2) is 16.7 Å². The molecule has 1 aliphatic heterocycles. The van der Waals surface area contributed by atoms with Crippen molar-refractivity contribution >= 4 is 33.2 Å². The van der Waals surface area contributed by atoms with Gasteiger partial charge in [-0.25, -0.2) is 4.79 Å². The van der Waals surface area contributed by atoms with E-state index in [4.69, 9.17) is 4.74 Å². The number of hydrogen-bond acceptors (Lipinski definition) is 4. The smallest absolute Gasteiger partial charge is 0.348 e. The molecule has 2 aromatic rings. The molecular weight excluding hydrogens is 328 g/mol. The highest BCUT2D eigenvalue weighted by Gasteiger charge is 2.23. The fourth-order valence-electron chi connectivity index (χ4n) is 2.31. The third kappa shape index (κ3) is 2.23. The lowest BCUT2D eigenvalue weighted by atomic mass is 10.1. The van der Waals surface area contributed by atoms with Gasteiger partial charge in [-0.05, 0) is 41.8 Å². The van der Waals surface area contributed by atoms with Crippen molar-refractivity contribution in [3.63, 3.8) is 0 Å². The summed E-state index contributed by atoms with van der Waals surface area (Å²) in [5.41, 5.74) is 2.18. The van der Waals surface area contributed by atoms with E-state index in [1.807, 2.05) is 23.9 Å². The van der Waals surface area contributed by atoms with Crippen LogP contribution in [0.5, 0.6) is 0 Å². The van der Waals surface area contributed by atoms with Gasteiger partial charge in [-0.1, -0.05) is 0 Å². The fraction of sp³-hybridized carbons (Fsp3) is 0.385. The minimum atomic E-state index is -0.234. The number of hydrogen-bond donors (Lipinski definition) is 0. The predicted octanol–water partition coefficient (Wildman–Crippen LogP) is 3.50. The Morgan fingerprint density at radius 3 is 3.26 bits per heavy atom. The summed E-state index contributed by atoms with van der Waals surface area (Å²) in [5, 5.41) is 4.36. The van der Waals surface area contributed by atoms with Gasteiger partial charge >= 0.3 is 5.97 Å². The van der Waals surface area contributed by atoms with Crippen molar-refractivity contribution in [3.05, 3.63) is 26.5 Å². The third-order valence-corrected chi connectivity index (χ3v) is 4.86. The van der Waals surface area contributed by atoms with E-state index < -0.39 is 0 Å². The molecule has 0 fully saturated rings. The quantitative estimate of drug-likeness (QED) is 0.786. The third-order valence-electron chi connectivity index (χ3n) is 3.11. The Bertz CT molecular complexity index is 633. The van der Waals surface area contributed by atoms with Crippen molar-refractivity contribution in [1.82, 2.24) is 9.78 Å². The van der Waals surface area contributed by atoms with Crippen molar-refractivity contribution in [2.75, 3.05) is 6.61 Å². The average molecular weight is 341 g/mol. The van der Waals surface area contributed by atoms with Gasteiger partial charge in [-0.2, -0.15) is 5.10 Å². The van der Waals surface area contributed by atoms with Crippen molar-refractivity contribution in [2.45, 2.75) is 26.3 Å². The minimum absolute atomic E-state index is 0.234. The normalized spacial score (nSPS) is 13.6. The van der Waals surface area contributed by atoms with Gasteiger partial charge in [0, 0.05) is 17.0 Å². The van der Waals surface area contributed by atoms with Crippen LogP contribution in [-0.2, 0) is 17.7 Å². The van der Waals surface area contributed by atoms with Gasteiger partial charge in [-0.15, -0.1) is 11.3 Å². The standard InChI is InChI=1S/C13H13BrN2O2S/c1-2-18-13(17)11-6-8-10(19-11)4-3-5-16-12(8)9(14)7-15-16/h6-7H,2-5H2,1H3. The lowest BCUT2D eigenvalue weighted by Crippen LogP contribution is -2.02. The number of ether oxygens (including phenoxy) is 1. The van der Waals surface area contributed by atoms with E-state index in [0.29, 0.717) is 11.5 Å². The van der Waals surface area contributed by atoms with E-state index in [9.17, 15) is 4.79 Å². The summed E-state index contributed by atoms with van der Waals surface area (Å²) in [4.78, 5) is 13.8. The number of esters is 1. The van der Waals surface area contributed by atoms with E-state index >= 15 is 0 Å². The molecule has 19 heavy (non-hydrogen) atoms. The van der Waals surface area contributed by atoms with Gasteiger partial charge < -0.3 is 4.74 Å². The van der Waals surface area contributed by atoms with Crippen LogP contribution in [-0.4, -0.2) is 22.4 Å². The van der Waals surface area contributed by atoms with Crippen LogP contribution in [0.3, 0.4) is 0 Å². The maximum Gasteiger partial charge on any atom is 0.348 e. The molecule has 0 N–H and O–H groups in total. The molecule has 4 nitrogen and oxygen atoms in total. The zero-order valence-electron chi connectivity index (χ0n) is 10.5. The second-order valence-electron chi connectivity index (χ2n) is 4.34. The van der Waals surface area contributed by atoms with Gasteiger partial charge in [-0.3, -0.25) is 4.68 Å². The van der Waals surface area contributed by atoms with Crippen LogP contribution in [0.1, 0.15) is 27.9 Å². The predicted molar refractivity (Wildman–Crippen MR) is 77.5 cm³/mol. The zero-order valence-corrected chi connectivity index (χ0v) is 12.9. The number of halogens is 1. The Labute approximate surface area is 123 Å². The maximum atomic E-state index is 11.8. The summed E-state index contributed by atoms with van der Waals surface area (Å²) in [6.07, 6.45) is 3.83. The Morgan fingerprint density at radius 2 is 2.47 bits per heavy atom. The van der Waals surface area contributed by atoms with Crippen LogP contribution in [0.2, 0.25) is 0 Å². The zero-order chi connectivity index (χ0) is 13.4. The molecular formula is C13H13BrN2O2S. The van der Waals surface area contributed by atoms with Gasteiger partial charge in [0.15, 0.2) is 0 Å². The summed E-state index contributed by atoms with van der Waals surface area (Å²) in [6, 6.07) is 1.93. The molecule has 0 atom stereocenters. The Morgan fingerprint density at radius 1 is 1.63 bits per heavy atom. The average Bonchev–Trinajstić information content (AvgIpc) is 2.90. The van der Waals surface area contributed by atoms with Crippen molar-refractivity contribution < 1.29 is 9.53 Å². The highest BCUT2D eigenvalue weighted by molar-refractivity contribution is 9.10. The summed E-state index contributed by atoms with van der Waals surface area (Å²) < 4.78 is 8.05. The largest absolute Gasteiger partial charge is 0.462 e. The molecule has 0 spiro atoms. The molecule has 0 aliphatic carbocycles. The highest BCUT2D eigenvalue weighted by Crippen LogP contribution is 2.38. The SMILES string of the molecule is CCOC(=O)c1cc2c(s1)CCCn1ncc(Br)c1-2. The van der Waals surface area contributed by atoms with E-state index in [1.54, 1.807) is 0 Å². The lowest BCUT2D eigenvalue weighted by Gasteiger charge is -2.02. The molecule has 1 aliphatic rings. The van der Waals surface area contributed by atoms with Crippen LogP contribution in [0, 0.1) is 0 Å². The van der Waals surface area contributed by atoms with E-state index in [1.165, 1.54) is 16.2 Å². The molecule has 0 aromatic carbocycles. The number of carbonyl (C=O) groups is 1. The molecule has 0 unspecified atom stereocenters. The van der Waals surface area contributed by atoms with Crippen LogP contribution in [0.25, 0.3) is 11.3 Å². The first-order chi connectivity index (χ1) is 9.20. The van der Waals surface area contributed by atoms with Gasteiger partial charge in [0.2, 0.25) is 0 Å². The maximum absolute atomic E-state index is 11.8. The number of nitrogens with zero attached hydrogens (tertiary/aromatic N) is 2. The van der Waals surface area contributed by atoms with Crippen molar-refractivity contribution in [3.8, 4) is 11.3 Å². The van der Waals surface area contributed by atoms with Gasteiger partial charge in [0.25, 0.3) is 0 Å². The number of aryl methyl sites for hydroxylation is 2. The summed E-state index contributed by atoms with van der Waals surface area (Å²) in [6.45, 7) is 3.14. The first kappa shape index (κ1) is 12.9. The number of rotatable bonds is 2. The molecule has 6 heteroatoms. The fourth-order valence-corrected chi connectivity index (χ4v) is 3.91. The highest BCUT2D eigenvalue weighted by atomic mass is 79.9. The Hall–Kier alpha value is -1.14. The van der Waals surface area contributed by atoms with Gasteiger partial charge in [0.05, 0.1) is 23.0 Å². The molecule has 0 radical (unpaired) electrons. The number of aromatic nitrogens is 2. The molecule has 2 aromatic heterocycles. The van der Waals surface area contributed by atoms with E-state index in [-0.39, 0.29) is 5.97 Å². The number of fused-ring (bicyclic) bond motifs is 3. The van der Waals surface area contributed by atoms with Crippen LogP contribution < -0.4 is 0 Å². The minimum Gasteiger partial charge on any atom is -0.462 e. The molecule has 0 saturated heterocycles. The summed E-state index contributed by atoms with van der Waals surface area (Å²) >= 11 is 5.07. The molecule has 0 saturated carbocycles. The number of thiophene rings is 1. The summed E-state index contributed by atoms with van der Waals surface area (Å²) in [5.74, 6) is -0.234. The molecule has 0 amide bonds. The van der Waals surface area contributed by atoms with Gasteiger partial charge in [0.1, 0.15) is 4.88 Å². The molecule has 0 bridgehead atoms. The Kier molecular flexibility index (Phi) is 3.45. The lowest BCUT2D eigenvalue weighted by molar-refractivity contribution is 0.0532. The monoisotopic (exact) mass is 340 g/mol. The van der Waals surface area contributed by atoms with Crippen LogP contribution in [0.4, 0.5) is 0 Å². The second-order valence-corrected chi connectivity index (χ2v) is 6.33. The van der Waals surface area contributed by atoms with Crippen molar-refractivity contribution in [1.29, 1.82) is 0 Å².